The number of amides is 1. The van der Waals surface area contributed by atoms with Crippen LogP contribution >= 0.6 is 0 Å². The van der Waals surface area contributed by atoms with Crippen LogP contribution in [0.1, 0.15) is 38.8 Å². The number of hydrogen-bond donors (Lipinski definition) is 1. The summed E-state index contributed by atoms with van der Waals surface area (Å²) in [6, 6.07) is 13.8. The number of ether oxygens (including phenoxy) is 2. The molecule has 3 rings (SSSR count). The van der Waals surface area contributed by atoms with Crippen molar-refractivity contribution in [1.29, 1.82) is 0 Å². The number of benzene rings is 2. The van der Waals surface area contributed by atoms with Crippen LogP contribution in [0.5, 0.6) is 5.75 Å². The molecule has 1 saturated heterocycles. The van der Waals surface area contributed by atoms with Crippen LogP contribution in [0, 0.1) is 5.82 Å². The van der Waals surface area contributed by atoms with Crippen molar-refractivity contribution in [3.8, 4) is 5.75 Å². The number of methoxy groups -OCH3 is 1. The van der Waals surface area contributed by atoms with E-state index in [1.54, 1.807) is 12.1 Å². The smallest absolute Gasteiger partial charge is 0.492 e. The van der Waals surface area contributed by atoms with Gasteiger partial charge in [0.1, 0.15) is 18.2 Å². The Bertz CT molecular complexity index is 962. The van der Waals surface area contributed by atoms with E-state index in [-0.39, 0.29) is 13.2 Å². The first kappa shape index (κ1) is 23.8. The van der Waals surface area contributed by atoms with Gasteiger partial charge in [-0.3, -0.25) is 0 Å². The van der Waals surface area contributed by atoms with Crippen LogP contribution in [0.25, 0.3) is 6.08 Å². The van der Waals surface area contributed by atoms with Gasteiger partial charge < -0.3 is 24.1 Å². The molecule has 0 atom stereocenters. The Hall–Kier alpha value is -2.84. The summed E-state index contributed by atoms with van der Waals surface area (Å²) in [5, 5.41) is 2.73. The number of hydrogen-bond acceptors (Lipinski definition) is 5. The van der Waals surface area contributed by atoms with E-state index in [0.717, 1.165) is 5.56 Å². The highest BCUT2D eigenvalue weighted by Crippen LogP contribution is 2.38. The second kappa shape index (κ2) is 9.75. The molecule has 0 aliphatic carbocycles. The molecule has 0 saturated carbocycles. The predicted molar refractivity (Wildman–Crippen MR) is 122 cm³/mol. The molecule has 32 heavy (non-hydrogen) atoms. The van der Waals surface area contributed by atoms with Gasteiger partial charge in [0, 0.05) is 12.6 Å². The van der Waals surface area contributed by atoms with Crippen LogP contribution < -0.4 is 10.1 Å². The lowest BCUT2D eigenvalue weighted by Crippen LogP contribution is -2.41. The molecule has 6 nitrogen and oxygen atoms in total. The SMILES string of the molecule is COc1cc(F)cc(C=C(CNC(=O)OCc2ccccc2)B2OC(C)(C)C(C)(C)O2)c1. The first-order valence-electron chi connectivity index (χ1n) is 10.4. The molecule has 8 heteroatoms. The Morgan fingerprint density at radius 1 is 1.09 bits per heavy atom. The number of nitrogens with one attached hydrogen (secondary N) is 1. The summed E-state index contributed by atoms with van der Waals surface area (Å²) < 4.78 is 36.7. The van der Waals surface area contributed by atoms with E-state index in [1.165, 1.54) is 19.2 Å². The minimum absolute atomic E-state index is 0.100. The van der Waals surface area contributed by atoms with Gasteiger partial charge >= 0.3 is 13.2 Å². The van der Waals surface area contributed by atoms with Gasteiger partial charge in [-0.05, 0) is 56.4 Å². The van der Waals surface area contributed by atoms with Crippen LogP contribution in [-0.4, -0.2) is 38.1 Å². The second-order valence-electron chi connectivity index (χ2n) is 8.65. The van der Waals surface area contributed by atoms with Crippen LogP contribution in [0.3, 0.4) is 0 Å². The number of alkyl carbamates (subject to hydrolysis) is 1. The van der Waals surface area contributed by atoms with Crippen molar-refractivity contribution in [2.24, 2.45) is 0 Å². The first-order chi connectivity index (χ1) is 15.1. The zero-order valence-electron chi connectivity index (χ0n) is 19.1. The van der Waals surface area contributed by atoms with E-state index < -0.39 is 30.2 Å². The molecule has 0 spiro atoms. The molecule has 1 aliphatic rings. The Kier molecular flexibility index (Phi) is 7.26. The highest BCUT2D eigenvalue weighted by molar-refractivity contribution is 6.56. The Balaban J connectivity index is 1.76. The average molecular weight is 441 g/mol. The highest BCUT2D eigenvalue weighted by Gasteiger charge is 2.52. The fourth-order valence-corrected chi connectivity index (χ4v) is 3.14. The number of carbonyl (C=O) groups excluding carboxylic acids is 1. The lowest BCUT2D eigenvalue weighted by molar-refractivity contribution is 0.00578. The fraction of sp³-hybridized carbons (Fsp3) is 0.375. The van der Waals surface area contributed by atoms with E-state index in [4.69, 9.17) is 18.8 Å². The Morgan fingerprint density at radius 2 is 1.75 bits per heavy atom. The molecule has 1 heterocycles. The minimum Gasteiger partial charge on any atom is -0.497 e. The minimum atomic E-state index is -0.719. The molecule has 0 unspecified atom stereocenters. The summed E-state index contributed by atoms with van der Waals surface area (Å²) in [5.41, 5.74) is 0.934. The van der Waals surface area contributed by atoms with E-state index >= 15 is 0 Å². The third kappa shape index (κ3) is 5.90. The quantitative estimate of drug-likeness (QED) is 0.627. The summed E-state index contributed by atoms with van der Waals surface area (Å²) in [6.07, 6.45) is 1.15. The van der Waals surface area contributed by atoms with E-state index in [1.807, 2.05) is 58.0 Å². The van der Waals surface area contributed by atoms with Gasteiger partial charge in [-0.2, -0.15) is 0 Å². The maximum atomic E-state index is 14.0. The van der Waals surface area contributed by atoms with Crippen molar-refractivity contribution in [1.82, 2.24) is 5.32 Å². The summed E-state index contributed by atoms with van der Waals surface area (Å²) in [6.45, 7) is 8.02. The van der Waals surface area contributed by atoms with Gasteiger partial charge in [0.25, 0.3) is 0 Å². The molecule has 2 aromatic rings. The molecule has 1 fully saturated rings. The van der Waals surface area contributed by atoms with E-state index in [2.05, 4.69) is 5.32 Å². The molecule has 1 N–H and O–H groups in total. The fourth-order valence-electron chi connectivity index (χ4n) is 3.14. The topological polar surface area (TPSA) is 66.0 Å². The summed E-state index contributed by atoms with van der Waals surface area (Å²) in [5.74, 6) is -0.0427. The molecular weight excluding hydrogens is 412 g/mol. The van der Waals surface area contributed by atoms with Crippen molar-refractivity contribution in [2.45, 2.75) is 45.5 Å². The molecule has 1 amide bonds. The maximum Gasteiger partial charge on any atom is 0.492 e. The molecule has 0 aromatic heterocycles. The van der Waals surface area contributed by atoms with Crippen molar-refractivity contribution in [2.75, 3.05) is 13.7 Å². The zero-order chi connectivity index (χ0) is 23.4. The van der Waals surface area contributed by atoms with Crippen LogP contribution in [0.2, 0.25) is 0 Å². The zero-order valence-corrected chi connectivity index (χ0v) is 19.1. The Morgan fingerprint density at radius 3 is 2.38 bits per heavy atom. The second-order valence-corrected chi connectivity index (χ2v) is 8.65. The average Bonchev–Trinajstić information content (AvgIpc) is 2.96. The molecule has 0 bridgehead atoms. The summed E-state index contributed by atoms with van der Waals surface area (Å²) >= 11 is 0. The van der Waals surface area contributed by atoms with Crippen LogP contribution in [-0.2, 0) is 20.7 Å². The lowest BCUT2D eigenvalue weighted by Gasteiger charge is -2.32. The van der Waals surface area contributed by atoms with Crippen molar-refractivity contribution >= 4 is 19.3 Å². The van der Waals surface area contributed by atoms with Gasteiger partial charge in [-0.25, -0.2) is 9.18 Å². The molecule has 2 aromatic carbocycles. The first-order valence-corrected chi connectivity index (χ1v) is 10.4. The molecular formula is C24H29BFNO5. The van der Waals surface area contributed by atoms with Gasteiger partial charge in [0.2, 0.25) is 0 Å². The van der Waals surface area contributed by atoms with Crippen molar-refractivity contribution < 1.29 is 28.0 Å². The van der Waals surface area contributed by atoms with E-state index in [9.17, 15) is 9.18 Å². The monoisotopic (exact) mass is 441 g/mol. The number of rotatable bonds is 7. The molecule has 1 aliphatic heterocycles. The summed E-state index contributed by atoms with van der Waals surface area (Å²) in [7, 11) is 0.755. The van der Waals surface area contributed by atoms with Gasteiger partial charge in [-0.15, -0.1) is 0 Å². The standard InChI is InChI=1S/C24H29BFNO5/c1-23(2)24(3,4)32-25(31-23)19(11-18-12-20(26)14-21(13-18)29-5)15-27-22(28)30-16-17-9-7-6-8-10-17/h6-14H,15-16H2,1-5H3,(H,27,28). The molecule has 170 valence electrons. The van der Waals surface area contributed by atoms with Crippen LogP contribution in [0.15, 0.2) is 54.0 Å². The normalized spacial score (nSPS) is 17.2. The maximum absolute atomic E-state index is 14.0. The predicted octanol–water partition coefficient (Wildman–Crippen LogP) is 4.78. The highest BCUT2D eigenvalue weighted by atomic mass is 19.1. The Labute approximate surface area is 188 Å². The van der Waals surface area contributed by atoms with Crippen molar-refractivity contribution in [3.63, 3.8) is 0 Å². The third-order valence-corrected chi connectivity index (χ3v) is 5.69. The van der Waals surface area contributed by atoms with Gasteiger partial charge in [0.15, 0.2) is 0 Å². The van der Waals surface area contributed by atoms with Gasteiger partial charge in [-0.1, -0.05) is 36.4 Å². The lowest BCUT2D eigenvalue weighted by atomic mass is 9.77. The van der Waals surface area contributed by atoms with Crippen LogP contribution in [0.4, 0.5) is 9.18 Å². The third-order valence-electron chi connectivity index (χ3n) is 5.69. The number of halogens is 1. The van der Waals surface area contributed by atoms with Gasteiger partial charge in [0.05, 0.1) is 18.3 Å². The largest absolute Gasteiger partial charge is 0.497 e. The molecule has 0 radical (unpaired) electrons. The van der Waals surface area contributed by atoms with Crippen molar-refractivity contribution in [3.05, 3.63) is 70.9 Å². The number of carbonyl (C=O) groups is 1. The van der Waals surface area contributed by atoms with E-state index in [0.29, 0.717) is 16.8 Å². The summed E-state index contributed by atoms with van der Waals surface area (Å²) in [4.78, 5) is 12.3.